The van der Waals surface area contributed by atoms with Gasteiger partial charge in [-0.1, -0.05) is 12.5 Å². The SMILES string of the molecule is O=C1CC[C@H](C(=O)N2C[C@@H]3C[C@H](C2)c2ccc(CN4CCCCC4)c(=O)n2C3)N1. The van der Waals surface area contributed by atoms with Crippen LogP contribution in [0.3, 0.4) is 0 Å². The topological polar surface area (TPSA) is 74.7 Å². The molecule has 7 nitrogen and oxygen atoms in total. The third-order valence-electron chi connectivity index (χ3n) is 7.13. The van der Waals surface area contributed by atoms with Crippen LogP contribution in [0.2, 0.25) is 0 Å². The quantitative estimate of drug-likeness (QED) is 0.826. The van der Waals surface area contributed by atoms with Gasteiger partial charge in [0, 0.05) is 49.8 Å². The second-order valence-electron chi connectivity index (χ2n) is 9.24. The van der Waals surface area contributed by atoms with Crippen molar-refractivity contribution in [1.82, 2.24) is 19.7 Å². The van der Waals surface area contributed by atoms with E-state index in [4.69, 9.17) is 0 Å². The Bertz CT molecular complexity index is 873. The molecule has 0 saturated carbocycles. The van der Waals surface area contributed by atoms with Crippen molar-refractivity contribution in [2.75, 3.05) is 26.2 Å². The first kappa shape index (κ1) is 18.9. The second-order valence-corrected chi connectivity index (χ2v) is 9.24. The molecule has 0 aliphatic carbocycles. The fraction of sp³-hybridized carbons (Fsp3) is 0.682. The second kappa shape index (κ2) is 7.59. The lowest BCUT2D eigenvalue weighted by Crippen LogP contribution is -2.53. The first-order valence-corrected chi connectivity index (χ1v) is 11.1. The molecule has 0 radical (unpaired) electrons. The molecule has 3 saturated heterocycles. The summed E-state index contributed by atoms with van der Waals surface area (Å²) in [6, 6.07) is 3.77. The van der Waals surface area contributed by atoms with Crippen LogP contribution in [0.25, 0.3) is 0 Å². The van der Waals surface area contributed by atoms with Crippen LogP contribution in [0.15, 0.2) is 16.9 Å². The lowest BCUT2D eigenvalue weighted by molar-refractivity contribution is -0.136. The Morgan fingerprint density at radius 2 is 1.90 bits per heavy atom. The number of carbonyl (C=O) groups is 2. The van der Waals surface area contributed by atoms with Crippen molar-refractivity contribution in [3.05, 3.63) is 33.7 Å². The third kappa shape index (κ3) is 3.61. The summed E-state index contributed by atoms with van der Waals surface area (Å²) in [7, 11) is 0. The van der Waals surface area contributed by atoms with Crippen LogP contribution in [0.4, 0.5) is 0 Å². The van der Waals surface area contributed by atoms with Crippen molar-refractivity contribution in [3.63, 3.8) is 0 Å². The number of piperidine rings is 2. The summed E-state index contributed by atoms with van der Waals surface area (Å²) in [5, 5.41) is 2.80. The van der Waals surface area contributed by atoms with Crippen LogP contribution in [-0.2, 0) is 22.7 Å². The number of nitrogens with zero attached hydrogens (tertiary/aromatic N) is 3. The van der Waals surface area contributed by atoms with Crippen molar-refractivity contribution in [3.8, 4) is 0 Å². The van der Waals surface area contributed by atoms with E-state index in [1.54, 1.807) is 0 Å². The number of aromatic nitrogens is 1. The van der Waals surface area contributed by atoms with Gasteiger partial charge < -0.3 is 14.8 Å². The van der Waals surface area contributed by atoms with Gasteiger partial charge in [-0.25, -0.2) is 0 Å². The zero-order valence-electron chi connectivity index (χ0n) is 16.9. The molecule has 7 heteroatoms. The van der Waals surface area contributed by atoms with Gasteiger partial charge in [-0.05, 0) is 50.8 Å². The first-order valence-electron chi connectivity index (χ1n) is 11.1. The average Bonchev–Trinajstić information content (AvgIpc) is 3.17. The standard InChI is InChI=1S/C22H30N4O3/c27-20-7-5-18(23-20)22(29)25-11-15-10-17(14-25)19-6-4-16(21(28)26(19)12-15)13-24-8-2-1-3-9-24/h4,6,15,17-18H,1-3,5,7-14H2,(H,23,27)/t15-,17+,18+/m0/s1. The highest BCUT2D eigenvalue weighted by Gasteiger charge is 2.39. The minimum absolute atomic E-state index is 0.0290. The van der Waals surface area contributed by atoms with Crippen molar-refractivity contribution in [1.29, 1.82) is 0 Å². The average molecular weight is 399 g/mol. The first-order chi connectivity index (χ1) is 14.1. The summed E-state index contributed by atoms with van der Waals surface area (Å²) in [5.74, 6) is 0.535. The van der Waals surface area contributed by atoms with Gasteiger partial charge in [-0.3, -0.25) is 19.3 Å². The Labute approximate surface area is 171 Å². The maximum atomic E-state index is 13.2. The molecule has 0 spiro atoms. The highest BCUT2D eigenvalue weighted by Crippen LogP contribution is 2.35. The van der Waals surface area contributed by atoms with Crippen LogP contribution in [0.5, 0.6) is 0 Å². The largest absolute Gasteiger partial charge is 0.344 e. The summed E-state index contributed by atoms with van der Waals surface area (Å²) in [4.78, 5) is 41.9. The van der Waals surface area contributed by atoms with E-state index >= 15 is 0 Å². The smallest absolute Gasteiger partial charge is 0.255 e. The van der Waals surface area contributed by atoms with Crippen molar-refractivity contribution < 1.29 is 9.59 Å². The fourth-order valence-electron chi connectivity index (χ4n) is 5.67. The Hall–Kier alpha value is -2.15. The third-order valence-corrected chi connectivity index (χ3v) is 7.13. The molecule has 3 atom stereocenters. The number of amides is 2. The predicted molar refractivity (Wildman–Crippen MR) is 108 cm³/mol. The van der Waals surface area contributed by atoms with Gasteiger partial charge in [0.05, 0.1) is 0 Å². The molecule has 4 aliphatic rings. The summed E-state index contributed by atoms with van der Waals surface area (Å²) < 4.78 is 1.98. The summed E-state index contributed by atoms with van der Waals surface area (Å²) in [6.07, 6.45) is 5.81. The predicted octanol–water partition coefficient (Wildman–Crippen LogP) is 1.06. The summed E-state index contributed by atoms with van der Waals surface area (Å²) in [6.45, 7) is 4.94. The van der Waals surface area contributed by atoms with E-state index in [2.05, 4.69) is 16.3 Å². The number of pyridine rings is 1. The van der Waals surface area contributed by atoms with Gasteiger partial charge in [-0.15, -0.1) is 0 Å². The van der Waals surface area contributed by atoms with E-state index in [1.165, 1.54) is 19.3 Å². The molecule has 5 heterocycles. The van der Waals surface area contributed by atoms with Crippen LogP contribution < -0.4 is 10.9 Å². The molecule has 1 aromatic rings. The summed E-state index contributed by atoms with van der Waals surface area (Å²) >= 11 is 0. The fourth-order valence-corrected chi connectivity index (χ4v) is 5.67. The van der Waals surface area contributed by atoms with E-state index in [-0.39, 0.29) is 29.3 Å². The van der Waals surface area contributed by atoms with Crippen LogP contribution in [0.1, 0.15) is 55.7 Å². The monoisotopic (exact) mass is 398 g/mol. The molecule has 0 unspecified atom stereocenters. The zero-order chi connectivity index (χ0) is 20.0. The minimum atomic E-state index is -0.365. The van der Waals surface area contributed by atoms with Gasteiger partial charge in [0.15, 0.2) is 0 Å². The Kier molecular flexibility index (Phi) is 4.94. The molecular weight excluding hydrogens is 368 g/mol. The van der Waals surface area contributed by atoms with Crippen LogP contribution in [0, 0.1) is 5.92 Å². The highest BCUT2D eigenvalue weighted by molar-refractivity contribution is 5.90. The number of fused-ring (bicyclic) bond motifs is 4. The molecule has 4 aliphatic heterocycles. The van der Waals surface area contributed by atoms with Crippen molar-refractivity contribution >= 4 is 11.8 Å². The molecule has 0 aromatic carbocycles. The van der Waals surface area contributed by atoms with E-state index < -0.39 is 0 Å². The molecule has 29 heavy (non-hydrogen) atoms. The van der Waals surface area contributed by atoms with Crippen LogP contribution in [-0.4, -0.2) is 58.4 Å². The maximum absolute atomic E-state index is 13.2. The molecule has 1 aromatic heterocycles. The number of nitrogens with one attached hydrogen (secondary N) is 1. The van der Waals surface area contributed by atoms with Gasteiger partial charge in [0.25, 0.3) is 5.56 Å². The van der Waals surface area contributed by atoms with Crippen LogP contribution >= 0.6 is 0 Å². The van der Waals surface area contributed by atoms with Gasteiger partial charge in [0.2, 0.25) is 11.8 Å². The lowest BCUT2D eigenvalue weighted by Gasteiger charge is -2.43. The molecule has 156 valence electrons. The van der Waals surface area contributed by atoms with Gasteiger partial charge in [0.1, 0.15) is 6.04 Å². The number of likely N-dealkylation sites (tertiary alicyclic amines) is 2. The normalized spacial score (nSPS) is 29.4. The summed E-state index contributed by atoms with van der Waals surface area (Å²) in [5.41, 5.74) is 2.13. The molecule has 5 rings (SSSR count). The Morgan fingerprint density at radius 3 is 2.66 bits per heavy atom. The van der Waals surface area contributed by atoms with E-state index in [1.807, 2.05) is 15.5 Å². The number of rotatable bonds is 3. The van der Waals surface area contributed by atoms with Gasteiger partial charge >= 0.3 is 0 Å². The van der Waals surface area contributed by atoms with E-state index in [9.17, 15) is 14.4 Å². The van der Waals surface area contributed by atoms with E-state index in [0.717, 1.165) is 37.3 Å². The number of hydrogen-bond acceptors (Lipinski definition) is 4. The number of hydrogen-bond donors (Lipinski definition) is 1. The lowest BCUT2D eigenvalue weighted by atomic mass is 9.82. The van der Waals surface area contributed by atoms with Crippen molar-refractivity contribution in [2.24, 2.45) is 5.92 Å². The van der Waals surface area contributed by atoms with E-state index in [0.29, 0.717) is 38.4 Å². The molecule has 2 bridgehead atoms. The number of carbonyl (C=O) groups excluding carboxylic acids is 2. The molecular formula is C22H30N4O3. The minimum Gasteiger partial charge on any atom is -0.344 e. The maximum Gasteiger partial charge on any atom is 0.255 e. The van der Waals surface area contributed by atoms with Crippen molar-refractivity contribution in [2.45, 2.75) is 63.6 Å². The Balaban J connectivity index is 1.34. The zero-order valence-corrected chi connectivity index (χ0v) is 16.9. The molecule has 1 N–H and O–H groups in total. The van der Waals surface area contributed by atoms with Gasteiger partial charge in [-0.2, -0.15) is 0 Å². The highest BCUT2D eigenvalue weighted by atomic mass is 16.2. The molecule has 2 amide bonds. The Morgan fingerprint density at radius 1 is 1.07 bits per heavy atom. The molecule has 3 fully saturated rings.